The highest BCUT2D eigenvalue weighted by molar-refractivity contribution is 7.95. The molecule has 218 valence electrons. The van der Waals surface area contributed by atoms with Gasteiger partial charge in [0.15, 0.2) is 17.8 Å². The van der Waals surface area contributed by atoms with Crippen molar-refractivity contribution in [1.82, 2.24) is 15.0 Å². The number of nitrogens with two attached hydrogens (primary N) is 2. The summed E-state index contributed by atoms with van der Waals surface area (Å²) in [5.41, 5.74) is 6.56. The fourth-order valence-corrected chi connectivity index (χ4v) is 3.10. The second-order valence-electron chi connectivity index (χ2n) is 8.06. The molecule has 1 amide bonds. The molecule has 0 spiro atoms. The molecule has 1 saturated carbocycles. The highest BCUT2D eigenvalue weighted by Crippen LogP contribution is 2.36. The third-order valence-corrected chi connectivity index (χ3v) is 5.33. The number of nitrogens with zero attached hydrogens (tertiary/aromatic N) is 1. The number of carbonyl (C=O) groups excluding carboxylic acids is 2. The maximum atomic E-state index is 12.8. The zero-order valence-corrected chi connectivity index (χ0v) is 22.2. The lowest BCUT2D eigenvalue weighted by molar-refractivity contribution is -0.107. The van der Waals surface area contributed by atoms with E-state index < -0.39 is 18.2 Å². The smallest absolute Gasteiger partial charge is 0.387 e. The summed E-state index contributed by atoms with van der Waals surface area (Å²) < 4.78 is 67.8. The predicted molar refractivity (Wildman–Crippen MR) is 140 cm³/mol. The monoisotopic (exact) mass is 587 g/mol. The summed E-state index contributed by atoms with van der Waals surface area (Å²) in [6.45, 7) is -2.07. The van der Waals surface area contributed by atoms with E-state index in [9.17, 15) is 27.2 Å². The van der Waals surface area contributed by atoms with Gasteiger partial charge in [0.05, 0.1) is 13.2 Å². The van der Waals surface area contributed by atoms with Crippen LogP contribution in [-0.4, -0.2) is 37.9 Å². The summed E-state index contributed by atoms with van der Waals surface area (Å²) in [4.78, 5) is 24.2. The Kier molecular flexibility index (Phi) is 13.9. The van der Waals surface area contributed by atoms with Gasteiger partial charge in [-0.15, -0.1) is 0 Å². The Morgan fingerprint density at radius 1 is 1.18 bits per heavy atom. The molecule has 1 heterocycles. The Morgan fingerprint density at radius 2 is 1.93 bits per heavy atom. The van der Waals surface area contributed by atoms with E-state index in [0.717, 1.165) is 31.0 Å². The van der Waals surface area contributed by atoms with Crippen LogP contribution in [0.15, 0.2) is 40.8 Å². The first-order valence-corrected chi connectivity index (χ1v) is 12.6. The van der Waals surface area contributed by atoms with Crippen LogP contribution in [-0.2, 0) is 17.9 Å². The number of halogens is 4. The molecular formula is C25H29F4N5O5S. The molecule has 1 aliphatic carbocycles. The van der Waals surface area contributed by atoms with Crippen LogP contribution >= 0.6 is 12.1 Å². The van der Waals surface area contributed by atoms with Gasteiger partial charge in [-0.05, 0) is 50.1 Å². The topological polar surface area (TPSA) is 155 Å². The van der Waals surface area contributed by atoms with E-state index in [-0.39, 0.29) is 35.4 Å². The maximum Gasteiger partial charge on any atom is 0.387 e. The first kappa shape index (κ1) is 32.6. The zero-order valence-electron chi connectivity index (χ0n) is 21.4. The number of aromatic nitrogens is 1. The summed E-state index contributed by atoms with van der Waals surface area (Å²) >= 11 is 0.784. The summed E-state index contributed by atoms with van der Waals surface area (Å²) in [5, 5.41) is 7.50. The number of ether oxygens (including phenoxy) is 2. The molecule has 1 aromatic heterocycles. The van der Waals surface area contributed by atoms with Gasteiger partial charge in [0.1, 0.15) is 23.1 Å². The molecule has 0 aliphatic heterocycles. The van der Waals surface area contributed by atoms with Crippen LogP contribution in [0.2, 0.25) is 0 Å². The van der Waals surface area contributed by atoms with E-state index in [4.69, 9.17) is 20.0 Å². The Hall–Kier alpha value is -3.66. The Balaban J connectivity index is 0.000000290. The van der Waals surface area contributed by atoms with Crippen LogP contribution < -0.4 is 30.4 Å². The molecule has 4 rings (SSSR count). The van der Waals surface area contributed by atoms with Crippen LogP contribution in [0, 0.1) is 17.6 Å². The normalized spacial score (nSPS) is 12.0. The fourth-order valence-electron chi connectivity index (χ4n) is 3.05. The van der Waals surface area contributed by atoms with Crippen molar-refractivity contribution in [2.75, 3.05) is 13.7 Å². The van der Waals surface area contributed by atoms with Crippen molar-refractivity contribution in [3.05, 3.63) is 65.1 Å². The number of rotatable bonds is 12. The number of aldehydes is 1. The largest absolute Gasteiger partial charge is 0.489 e. The molecule has 3 aromatic rings. The lowest BCUT2D eigenvalue weighted by Crippen LogP contribution is -2.06. The highest BCUT2D eigenvalue weighted by Gasteiger charge is 2.23. The standard InChI is InChI=1S/C16H16F2N2O4.C8H9F2N.CH4N2OS/c17-16(18)24-12-4-3-10(5-13(12)22-8-9-1-2-9)15-20-11(7-21)14(6-19)23-15;1-11-5-6-2-3-7(9)4-8(6)10;2-5-3-1-4/h3-5,7,9,16H,1-2,6,8,19H2;2-4,11H,5H2,1H3;1H,2H2,(H,3,4). The minimum atomic E-state index is -2.95. The molecule has 0 saturated heterocycles. The van der Waals surface area contributed by atoms with Crippen molar-refractivity contribution in [3.63, 3.8) is 0 Å². The number of oxazole rings is 1. The second-order valence-corrected chi connectivity index (χ2v) is 8.53. The average Bonchev–Trinajstić information content (AvgIpc) is 3.67. The first-order valence-electron chi connectivity index (χ1n) is 11.8. The molecule has 1 aliphatic rings. The van der Waals surface area contributed by atoms with E-state index in [0.29, 0.717) is 42.9 Å². The molecular weight excluding hydrogens is 558 g/mol. The average molecular weight is 588 g/mol. The van der Waals surface area contributed by atoms with Gasteiger partial charge in [-0.1, -0.05) is 6.07 Å². The summed E-state index contributed by atoms with van der Waals surface area (Å²) in [5.74, 6) is -0.0525. The van der Waals surface area contributed by atoms with Gasteiger partial charge >= 0.3 is 6.61 Å². The molecule has 15 heteroatoms. The fraction of sp³-hybridized carbons (Fsp3) is 0.320. The molecule has 6 N–H and O–H groups in total. The van der Waals surface area contributed by atoms with E-state index in [1.807, 2.05) is 0 Å². The summed E-state index contributed by atoms with van der Waals surface area (Å²) in [6.07, 6.45) is 3.19. The zero-order chi connectivity index (χ0) is 29.5. The van der Waals surface area contributed by atoms with Crippen LogP contribution in [0.4, 0.5) is 17.6 Å². The quantitative estimate of drug-likeness (QED) is 0.139. The number of amides is 1. The van der Waals surface area contributed by atoms with Crippen molar-refractivity contribution >= 4 is 24.8 Å². The number of alkyl halides is 2. The van der Waals surface area contributed by atoms with Crippen molar-refractivity contribution in [2.45, 2.75) is 32.5 Å². The third-order valence-electron chi connectivity index (χ3n) is 5.10. The lowest BCUT2D eigenvalue weighted by Gasteiger charge is -2.12. The van der Waals surface area contributed by atoms with Gasteiger partial charge in [0.2, 0.25) is 12.3 Å². The van der Waals surface area contributed by atoms with E-state index in [1.165, 1.54) is 30.3 Å². The van der Waals surface area contributed by atoms with Gasteiger partial charge in [0, 0.05) is 35.9 Å². The van der Waals surface area contributed by atoms with Crippen LogP contribution in [0.1, 0.15) is 34.7 Å². The van der Waals surface area contributed by atoms with Crippen molar-refractivity contribution in [2.24, 2.45) is 16.8 Å². The molecule has 0 unspecified atom stereocenters. The Bertz CT molecular complexity index is 1230. The molecule has 0 radical (unpaired) electrons. The van der Waals surface area contributed by atoms with Crippen LogP contribution in [0.3, 0.4) is 0 Å². The summed E-state index contributed by atoms with van der Waals surface area (Å²) in [6, 6.07) is 7.92. The molecule has 0 atom stereocenters. The molecule has 0 bridgehead atoms. The molecule has 40 heavy (non-hydrogen) atoms. The van der Waals surface area contributed by atoms with Crippen molar-refractivity contribution < 1.29 is 41.0 Å². The van der Waals surface area contributed by atoms with Gasteiger partial charge < -0.3 is 24.9 Å². The number of carbonyl (C=O) groups is 2. The van der Waals surface area contributed by atoms with E-state index >= 15 is 0 Å². The van der Waals surface area contributed by atoms with Gasteiger partial charge in [-0.3, -0.25) is 19.5 Å². The predicted octanol–water partition coefficient (Wildman–Crippen LogP) is 3.94. The second kappa shape index (κ2) is 17.1. The number of nitrogens with one attached hydrogen (secondary N) is 2. The van der Waals surface area contributed by atoms with Crippen molar-refractivity contribution in [1.29, 1.82) is 0 Å². The molecule has 10 nitrogen and oxygen atoms in total. The number of hydrogen-bond acceptors (Lipinski definition) is 10. The van der Waals surface area contributed by atoms with Gasteiger partial charge in [0.25, 0.3) is 0 Å². The first-order chi connectivity index (χ1) is 19.3. The van der Waals surface area contributed by atoms with E-state index in [1.54, 1.807) is 7.05 Å². The SMILES string of the molecule is CNCc1ccc(F)cc1F.NCc1oc(-c2ccc(OC(F)F)c(OCC3CC3)c2)nc1C=O.NSNC=O. The van der Waals surface area contributed by atoms with Crippen LogP contribution in [0.25, 0.3) is 11.5 Å². The summed E-state index contributed by atoms with van der Waals surface area (Å²) in [7, 11) is 1.71. The molecule has 2 aromatic carbocycles. The highest BCUT2D eigenvalue weighted by atomic mass is 32.2. The lowest BCUT2D eigenvalue weighted by atomic mass is 10.2. The Labute approximate surface area is 232 Å². The Morgan fingerprint density at radius 3 is 2.42 bits per heavy atom. The number of hydrogen-bond donors (Lipinski definition) is 4. The minimum Gasteiger partial charge on any atom is -0.489 e. The maximum absolute atomic E-state index is 12.8. The third kappa shape index (κ3) is 10.8. The molecule has 1 fully saturated rings. The van der Waals surface area contributed by atoms with E-state index in [2.05, 4.69) is 19.8 Å². The van der Waals surface area contributed by atoms with Gasteiger partial charge in [-0.25, -0.2) is 13.8 Å². The van der Waals surface area contributed by atoms with Gasteiger partial charge in [-0.2, -0.15) is 8.78 Å². The minimum absolute atomic E-state index is 0.0265. The van der Waals surface area contributed by atoms with Crippen LogP contribution in [0.5, 0.6) is 11.5 Å². The number of benzene rings is 2. The van der Waals surface area contributed by atoms with Crippen molar-refractivity contribution in [3.8, 4) is 23.0 Å².